The van der Waals surface area contributed by atoms with Gasteiger partial charge in [-0.05, 0) is 30.7 Å². The maximum Gasteiger partial charge on any atom is 0.254 e. The van der Waals surface area contributed by atoms with Crippen LogP contribution in [0.2, 0.25) is 0 Å². The number of hydrogen-bond donors (Lipinski definition) is 3. The molecular weight excluding hydrogens is 474 g/mol. The molecular formula is C24H26F2N6O4. The smallest absolute Gasteiger partial charge is 0.254 e. The minimum Gasteiger partial charge on any atom is -0.507 e. The molecule has 1 aliphatic rings. The predicted octanol–water partition coefficient (Wildman–Crippen LogP) is 2.96. The van der Waals surface area contributed by atoms with Gasteiger partial charge in [0.2, 0.25) is 0 Å². The SMILES string of the molecule is COCNc1nn(C2(CC#N)CCN(Cc3cc(O)c(-c4ccco4)cc3F)CC2F)cc1C(N)=O. The van der Waals surface area contributed by atoms with Crippen LogP contribution in [0.3, 0.4) is 0 Å². The summed E-state index contributed by atoms with van der Waals surface area (Å²) in [7, 11) is 1.45. The Morgan fingerprint density at radius 3 is 2.94 bits per heavy atom. The highest BCUT2D eigenvalue weighted by molar-refractivity contribution is 5.97. The van der Waals surface area contributed by atoms with Crippen molar-refractivity contribution in [3.8, 4) is 23.1 Å². The standard InChI is InChI=1S/C24H26F2N6O4/c1-35-14-29-23-17(22(28)34)12-32(30-23)24(4-6-27)5-7-31(13-21(24)26)11-15-9-19(33)16(10-18(15)25)20-3-2-8-36-20/h2-3,8-10,12,21,33H,4-5,7,11,13-14H2,1H3,(H2,28,34)(H,29,30). The Morgan fingerprint density at radius 1 is 1.50 bits per heavy atom. The molecule has 10 nitrogen and oxygen atoms in total. The molecule has 1 aliphatic heterocycles. The second-order valence-corrected chi connectivity index (χ2v) is 8.64. The number of nitriles is 1. The van der Waals surface area contributed by atoms with E-state index in [1.54, 1.807) is 17.0 Å². The molecule has 36 heavy (non-hydrogen) atoms. The fourth-order valence-corrected chi connectivity index (χ4v) is 4.46. The number of aromatic hydroxyl groups is 1. The molecule has 1 fully saturated rings. The first-order valence-electron chi connectivity index (χ1n) is 11.2. The Labute approximate surface area is 205 Å². The summed E-state index contributed by atoms with van der Waals surface area (Å²) in [5.74, 6) is -1.01. The van der Waals surface area contributed by atoms with Gasteiger partial charge >= 0.3 is 0 Å². The number of phenols is 1. The van der Waals surface area contributed by atoms with Crippen molar-refractivity contribution in [1.29, 1.82) is 5.26 Å². The number of nitrogens with two attached hydrogens (primary N) is 1. The van der Waals surface area contributed by atoms with Gasteiger partial charge in [-0.1, -0.05) is 0 Å². The number of amides is 1. The van der Waals surface area contributed by atoms with Crippen LogP contribution in [-0.2, 0) is 16.8 Å². The van der Waals surface area contributed by atoms with Crippen LogP contribution < -0.4 is 11.1 Å². The van der Waals surface area contributed by atoms with Crippen LogP contribution >= 0.6 is 0 Å². The number of carbonyl (C=O) groups excluding carboxylic acids is 1. The number of likely N-dealkylation sites (tertiary alicyclic amines) is 1. The Bertz CT molecular complexity index is 1270. The minimum atomic E-state index is -1.57. The van der Waals surface area contributed by atoms with Crippen molar-refractivity contribution in [3.63, 3.8) is 0 Å². The molecule has 3 heterocycles. The van der Waals surface area contributed by atoms with E-state index in [1.807, 2.05) is 6.07 Å². The Balaban J connectivity index is 1.55. The number of rotatable bonds is 9. The number of nitrogens with one attached hydrogen (secondary N) is 1. The molecule has 0 saturated carbocycles. The second kappa shape index (κ2) is 10.3. The van der Waals surface area contributed by atoms with Crippen molar-refractivity contribution in [2.75, 3.05) is 32.2 Å². The number of aromatic nitrogens is 2. The summed E-state index contributed by atoms with van der Waals surface area (Å²) in [6.45, 7) is 0.295. The monoisotopic (exact) mass is 500 g/mol. The number of phenolic OH excluding ortho intramolecular Hbond substituents is 1. The molecule has 1 amide bonds. The number of nitrogens with zero attached hydrogens (tertiary/aromatic N) is 4. The normalized spacial score (nSPS) is 20.2. The van der Waals surface area contributed by atoms with Crippen LogP contribution in [0, 0.1) is 17.1 Å². The number of halogens is 2. The maximum absolute atomic E-state index is 15.8. The lowest BCUT2D eigenvalue weighted by Gasteiger charge is -2.43. The van der Waals surface area contributed by atoms with Crippen molar-refractivity contribution in [2.24, 2.45) is 5.73 Å². The Hall–Kier alpha value is -3.95. The van der Waals surface area contributed by atoms with E-state index in [-0.39, 0.29) is 60.9 Å². The van der Waals surface area contributed by atoms with Gasteiger partial charge in [-0.25, -0.2) is 8.78 Å². The van der Waals surface area contributed by atoms with Crippen LogP contribution in [0.4, 0.5) is 14.6 Å². The third kappa shape index (κ3) is 4.75. The van der Waals surface area contributed by atoms with Gasteiger partial charge in [-0.3, -0.25) is 14.4 Å². The van der Waals surface area contributed by atoms with Gasteiger partial charge < -0.3 is 25.3 Å². The molecule has 12 heteroatoms. The molecule has 0 spiro atoms. The lowest BCUT2D eigenvalue weighted by atomic mass is 9.83. The fraction of sp³-hybridized carbons (Fsp3) is 0.375. The van der Waals surface area contributed by atoms with E-state index >= 15 is 4.39 Å². The van der Waals surface area contributed by atoms with Crippen LogP contribution in [-0.4, -0.2) is 58.8 Å². The number of anilines is 1. The first kappa shape index (κ1) is 25.2. The highest BCUT2D eigenvalue weighted by Gasteiger charge is 2.46. The Morgan fingerprint density at radius 2 is 2.31 bits per heavy atom. The van der Waals surface area contributed by atoms with Gasteiger partial charge in [0, 0.05) is 38.5 Å². The molecule has 2 atom stereocenters. The number of carbonyl (C=O) groups is 1. The quantitative estimate of drug-likeness (QED) is 0.381. The zero-order valence-corrected chi connectivity index (χ0v) is 19.6. The first-order valence-corrected chi connectivity index (χ1v) is 11.2. The van der Waals surface area contributed by atoms with Crippen molar-refractivity contribution in [3.05, 3.63) is 53.7 Å². The molecule has 190 valence electrons. The molecule has 4 rings (SSSR count). The first-order chi connectivity index (χ1) is 17.3. The highest BCUT2D eigenvalue weighted by Crippen LogP contribution is 2.38. The Kier molecular flexibility index (Phi) is 7.23. The summed E-state index contributed by atoms with van der Waals surface area (Å²) in [4.78, 5) is 13.6. The van der Waals surface area contributed by atoms with E-state index in [9.17, 15) is 19.6 Å². The van der Waals surface area contributed by atoms with Crippen molar-refractivity contribution < 1.29 is 27.8 Å². The lowest BCUT2D eigenvalue weighted by Crippen LogP contribution is -2.54. The number of benzene rings is 1. The third-order valence-corrected chi connectivity index (χ3v) is 6.41. The number of alkyl halides is 1. The van der Waals surface area contributed by atoms with Crippen LogP contribution in [0.25, 0.3) is 11.3 Å². The van der Waals surface area contributed by atoms with Crippen molar-refractivity contribution in [2.45, 2.75) is 31.1 Å². The molecule has 3 aromatic rings. The van der Waals surface area contributed by atoms with Gasteiger partial charge in [0.05, 0.1) is 24.3 Å². The van der Waals surface area contributed by atoms with E-state index < -0.39 is 23.4 Å². The van der Waals surface area contributed by atoms with Crippen molar-refractivity contribution in [1.82, 2.24) is 14.7 Å². The van der Waals surface area contributed by atoms with Gasteiger partial charge in [-0.2, -0.15) is 10.4 Å². The largest absolute Gasteiger partial charge is 0.507 e. The number of piperidine rings is 1. The third-order valence-electron chi connectivity index (χ3n) is 6.41. The van der Waals surface area contributed by atoms with Crippen LogP contribution in [0.15, 0.2) is 41.1 Å². The van der Waals surface area contributed by atoms with Gasteiger partial charge in [0.1, 0.15) is 41.3 Å². The van der Waals surface area contributed by atoms with E-state index in [0.717, 1.165) is 0 Å². The minimum absolute atomic E-state index is 0.0481. The maximum atomic E-state index is 15.8. The van der Waals surface area contributed by atoms with Gasteiger partial charge in [0.15, 0.2) is 5.82 Å². The second-order valence-electron chi connectivity index (χ2n) is 8.64. The summed E-state index contributed by atoms with van der Waals surface area (Å²) < 4.78 is 42.1. The lowest BCUT2D eigenvalue weighted by molar-refractivity contribution is 0.00655. The number of ether oxygens (including phenoxy) is 1. The highest BCUT2D eigenvalue weighted by atomic mass is 19.1. The summed E-state index contributed by atoms with van der Waals surface area (Å²) in [6, 6.07) is 7.75. The van der Waals surface area contributed by atoms with E-state index in [4.69, 9.17) is 14.9 Å². The van der Waals surface area contributed by atoms with E-state index in [2.05, 4.69) is 10.4 Å². The average Bonchev–Trinajstić information content (AvgIpc) is 3.52. The van der Waals surface area contributed by atoms with Gasteiger partial charge in [-0.15, -0.1) is 0 Å². The zero-order valence-electron chi connectivity index (χ0n) is 19.6. The predicted molar refractivity (Wildman–Crippen MR) is 125 cm³/mol. The number of furan rings is 1. The molecule has 4 N–H and O–H groups in total. The number of hydrogen-bond acceptors (Lipinski definition) is 8. The summed E-state index contributed by atoms with van der Waals surface area (Å²) in [6.07, 6.45) is 1.17. The number of methoxy groups -OCH3 is 1. The van der Waals surface area contributed by atoms with Crippen LogP contribution in [0.1, 0.15) is 28.8 Å². The molecule has 0 aliphatic carbocycles. The summed E-state index contributed by atoms with van der Waals surface area (Å²) >= 11 is 0. The average molecular weight is 501 g/mol. The molecule has 2 aromatic heterocycles. The number of primary amides is 1. The molecule has 1 aromatic carbocycles. The molecule has 2 unspecified atom stereocenters. The topological polar surface area (TPSA) is 143 Å². The van der Waals surface area contributed by atoms with Crippen LogP contribution in [0.5, 0.6) is 5.75 Å². The summed E-state index contributed by atoms with van der Waals surface area (Å²) in [5, 5.41) is 27.0. The van der Waals surface area contributed by atoms with Crippen molar-refractivity contribution >= 4 is 11.7 Å². The summed E-state index contributed by atoms with van der Waals surface area (Å²) in [5.41, 5.74) is 4.58. The molecule has 0 bridgehead atoms. The molecule has 0 radical (unpaired) electrons. The van der Waals surface area contributed by atoms with E-state index in [1.165, 1.54) is 36.4 Å². The molecule has 1 saturated heterocycles. The fourth-order valence-electron chi connectivity index (χ4n) is 4.46. The van der Waals surface area contributed by atoms with E-state index in [0.29, 0.717) is 12.3 Å². The van der Waals surface area contributed by atoms with Gasteiger partial charge in [0.25, 0.3) is 5.91 Å². The zero-order chi connectivity index (χ0) is 25.9.